The molecule has 0 atom stereocenters. The van der Waals surface area contributed by atoms with Gasteiger partial charge in [-0.05, 0) is 43.2 Å². The number of nitrogens with two attached hydrogens (primary N) is 1. The summed E-state index contributed by atoms with van der Waals surface area (Å²) in [6.07, 6.45) is 6.64. The lowest BCUT2D eigenvalue weighted by Gasteiger charge is -2.26. The molecule has 0 spiro atoms. The molecule has 2 heterocycles. The molecular formula is C16H21N3. The fraction of sp³-hybridized carbons (Fsp3) is 0.438. The van der Waals surface area contributed by atoms with Gasteiger partial charge in [0.1, 0.15) is 5.82 Å². The van der Waals surface area contributed by atoms with Crippen LogP contribution in [0, 0.1) is 0 Å². The van der Waals surface area contributed by atoms with E-state index in [2.05, 4.69) is 17.0 Å². The summed E-state index contributed by atoms with van der Waals surface area (Å²) in [5.74, 6) is 1.11. The number of anilines is 2. The van der Waals surface area contributed by atoms with Crippen molar-refractivity contribution in [2.24, 2.45) is 0 Å². The minimum absolute atomic E-state index is 0.799. The van der Waals surface area contributed by atoms with E-state index in [4.69, 9.17) is 10.7 Å². The van der Waals surface area contributed by atoms with E-state index >= 15 is 0 Å². The molecule has 2 aromatic rings. The van der Waals surface area contributed by atoms with Crippen LogP contribution in [0.4, 0.5) is 11.5 Å². The Morgan fingerprint density at radius 1 is 0.895 bits per heavy atom. The van der Waals surface area contributed by atoms with E-state index in [1.807, 2.05) is 18.2 Å². The van der Waals surface area contributed by atoms with Crippen LogP contribution in [0.25, 0.3) is 10.9 Å². The molecule has 2 N–H and O–H groups in total. The van der Waals surface area contributed by atoms with Crippen molar-refractivity contribution in [3.05, 3.63) is 30.3 Å². The Bertz CT molecular complexity index is 557. The molecule has 1 aliphatic rings. The van der Waals surface area contributed by atoms with Crippen molar-refractivity contribution in [2.45, 2.75) is 32.1 Å². The molecule has 3 heteroatoms. The molecular weight excluding hydrogens is 234 g/mol. The molecule has 1 fully saturated rings. The second-order valence-corrected chi connectivity index (χ2v) is 5.38. The quantitative estimate of drug-likeness (QED) is 0.792. The summed E-state index contributed by atoms with van der Waals surface area (Å²) in [4.78, 5) is 7.21. The Hall–Kier alpha value is -1.77. The molecule has 1 aliphatic heterocycles. The van der Waals surface area contributed by atoms with E-state index < -0.39 is 0 Å². The van der Waals surface area contributed by atoms with Crippen molar-refractivity contribution < 1.29 is 0 Å². The number of pyridine rings is 1. The zero-order valence-electron chi connectivity index (χ0n) is 11.3. The van der Waals surface area contributed by atoms with Crippen LogP contribution in [0.1, 0.15) is 32.1 Å². The first-order chi connectivity index (χ1) is 9.33. The standard InChI is InChI=1S/C16H21N3/c17-14-7-8-15-13(12-14)6-9-16(18-15)19-10-4-2-1-3-5-11-19/h6-9,12H,1-5,10-11,17H2. The largest absolute Gasteiger partial charge is 0.399 e. The van der Waals surface area contributed by atoms with E-state index in [1.165, 1.54) is 32.1 Å². The van der Waals surface area contributed by atoms with E-state index in [9.17, 15) is 0 Å². The number of benzene rings is 1. The Morgan fingerprint density at radius 3 is 2.42 bits per heavy atom. The number of hydrogen-bond acceptors (Lipinski definition) is 3. The van der Waals surface area contributed by atoms with Gasteiger partial charge in [0.25, 0.3) is 0 Å². The monoisotopic (exact) mass is 255 g/mol. The lowest BCUT2D eigenvalue weighted by molar-refractivity contribution is 0.554. The molecule has 0 radical (unpaired) electrons. The van der Waals surface area contributed by atoms with Gasteiger partial charge in [0.2, 0.25) is 0 Å². The fourth-order valence-corrected chi connectivity index (χ4v) is 2.79. The summed E-state index contributed by atoms with van der Waals surface area (Å²) in [5, 5.41) is 1.12. The predicted molar refractivity (Wildman–Crippen MR) is 81.5 cm³/mol. The maximum atomic E-state index is 5.80. The Labute approximate surface area is 114 Å². The molecule has 1 aromatic carbocycles. The average Bonchev–Trinajstić information content (AvgIpc) is 2.38. The molecule has 100 valence electrons. The number of aromatic nitrogens is 1. The van der Waals surface area contributed by atoms with Crippen LogP contribution < -0.4 is 10.6 Å². The zero-order chi connectivity index (χ0) is 13.1. The molecule has 0 unspecified atom stereocenters. The van der Waals surface area contributed by atoms with Gasteiger partial charge in [-0.25, -0.2) is 4.98 Å². The Morgan fingerprint density at radius 2 is 1.63 bits per heavy atom. The van der Waals surface area contributed by atoms with Crippen LogP contribution in [-0.4, -0.2) is 18.1 Å². The van der Waals surface area contributed by atoms with Crippen molar-refractivity contribution >= 4 is 22.4 Å². The highest BCUT2D eigenvalue weighted by Gasteiger charge is 2.10. The molecule has 3 nitrogen and oxygen atoms in total. The SMILES string of the molecule is Nc1ccc2nc(N3CCCCCCC3)ccc2c1. The third-order valence-electron chi connectivity index (χ3n) is 3.88. The van der Waals surface area contributed by atoms with Gasteiger partial charge >= 0.3 is 0 Å². The maximum Gasteiger partial charge on any atom is 0.129 e. The molecule has 19 heavy (non-hydrogen) atoms. The highest BCUT2D eigenvalue weighted by Crippen LogP contribution is 2.22. The van der Waals surface area contributed by atoms with Crippen molar-refractivity contribution in [3.63, 3.8) is 0 Å². The van der Waals surface area contributed by atoms with E-state index in [0.29, 0.717) is 0 Å². The van der Waals surface area contributed by atoms with E-state index in [0.717, 1.165) is 35.5 Å². The van der Waals surface area contributed by atoms with Crippen molar-refractivity contribution in [3.8, 4) is 0 Å². The maximum absolute atomic E-state index is 5.80. The van der Waals surface area contributed by atoms with Gasteiger partial charge in [0.05, 0.1) is 5.52 Å². The Kier molecular flexibility index (Phi) is 3.53. The third-order valence-corrected chi connectivity index (χ3v) is 3.88. The lowest BCUT2D eigenvalue weighted by Crippen LogP contribution is -2.27. The average molecular weight is 255 g/mol. The van der Waals surface area contributed by atoms with Gasteiger partial charge in [-0.3, -0.25) is 0 Å². The molecule has 0 saturated carbocycles. The summed E-state index contributed by atoms with van der Waals surface area (Å²) in [7, 11) is 0. The molecule has 0 amide bonds. The van der Waals surface area contributed by atoms with Crippen molar-refractivity contribution in [2.75, 3.05) is 23.7 Å². The third kappa shape index (κ3) is 2.80. The van der Waals surface area contributed by atoms with Crippen molar-refractivity contribution in [1.82, 2.24) is 4.98 Å². The van der Waals surface area contributed by atoms with Crippen LogP contribution in [0.3, 0.4) is 0 Å². The molecule has 1 saturated heterocycles. The summed E-state index contributed by atoms with van der Waals surface area (Å²) in [6.45, 7) is 2.26. The second-order valence-electron chi connectivity index (χ2n) is 5.38. The Balaban J connectivity index is 1.88. The van der Waals surface area contributed by atoms with Gasteiger partial charge in [0, 0.05) is 24.2 Å². The van der Waals surface area contributed by atoms with Gasteiger partial charge in [-0.15, -0.1) is 0 Å². The molecule has 0 bridgehead atoms. The minimum atomic E-state index is 0.799. The fourth-order valence-electron chi connectivity index (χ4n) is 2.79. The first-order valence-corrected chi connectivity index (χ1v) is 7.24. The van der Waals surface area contributed by atoms with E-state index in [1.54, 1.807) is 0 Å². The zero-order valence-corrected chi connectivity index (χ0v) is 11.3. The highest BCUT2D eigenvalue weighted by atomic mass is 15.2. The smallest absolute Gasteiger partial charge is 0.129 e. The topological polar surface area (TPSA) is 42.1 Å². The van der Waals surface area contributed by atoms with E-state index in [-0.39, 0.29) is 0 Å². The number of nitrogen functional groups attached to an aromatic ring is 1. The normalized spacial score (nSPS) is 17.2. The van der Waals surface area contributed by atoms with Gasteiger partial charge < -0.3 is 10.6 Å². The molecule has 0 aliphatic carbocycles. The van der Waals surface area contributed by atoms with Crippen LogP contribution in [0.5, 0.6) is 0 Å². The lowest BCUT2D eigenvalue weighted by atomic mass is 10.1. The summed E-state index contributed by atoms with van der Waals surface area (Å²) in [6, 6.07) is 10.2. The van der Waals surface area contributed by atoms with Crippen molar-refractivity contribution in [1.29, 1.82) is 0 Å². The van der Waals surface area contributed by atoms with Crippen LogP contribution in [-0.2, 0) is 0 Å². The van der Waals surface area contributed by atoms with Crippen LogP contribution >= 0.6 is 0 Å². The number of fused-ring (bicyclic) bond motifs is 1. The van der Waals surface area contributed by atoms with Crippen LogP contribution in [0.2, 0.25) is 0 Å². The van der Waals surface area contributed by atoms with Gasteiger partial charge in [-0.2, -0.15) is 0 Å². The minimum Gasteiger partial charge on any atom is -0.399 e. The molecule has 3 rings (SSSR count). The predicted octanol–water partition coefficient (Wildman–Crippen LogP) is 3.59. The van der Waals surface area contributed by atoms with Gasteiger partial charge in [0.15, 0.2) is 0 Å². The number of hydrogen-bond donors (Lipinski definition) is 1. The second kappa shape index (κ2) is 5.47. The number of nitrogens with zero attached hydrogens (tertiary/aromatic N) is 2. The number of rotatable bonds is 1. The first-order valence-electron chi connectivity index (χ1n) is 7.24. The first kappa shape index (κ1) is 12.3. The summed E-state index contributed by atoms with van der Waals surface area (Å²) < 4.78 is 0. The van der Waals surface area contributed by atoms with Gasteiger partial charge in [-0.1, -0.05) is 19.3 Å². The summed E-state index contributed by atoms with van der Waals surface area (Å²) in [5.41, 5.74) is 7.64. The summed E-state index contributed by atoms with van der Waals surface area (Å²) >= 11 is 0. The van der Waals surface area contributed by atoms with Crippen LogP contribution in [0.15, 0.2) is 30.3 Å². The highest BCUT2D eigenvalue weighted by molar-refractivity contribution is 5.83. The molecule has 1 aromatic heterocycles.